The summed E-state index contributed by atoms with van der Waals surface area (Å²) in [5.74, 6) is -0.119. The van der Waals surface area contributed by atoms with Crippen LogP contribution >= 0.6 is 0 Å². The molecule has 1 aromatic heterocycles. The molecule has 1 amide bonds. The second kappa shape index (κ2) is 9.61. The van der Waals surface area contributed by atoms with Gasteiger partial charge in [0.25, 0.3) is 0 Å². The average Bonchev–Trinajstić information content (AvgIpc) is 3.24. The average molecular weight is 441 g/mol. The van der Waals surface area contributed by atoms with Gasteiger partial charge in [0.2, 0.25) is 5.91 Å². The highest BCUT2D eigenvalue weighted by Gasteiger charge is 2.31. The van der Waals surface area contributed by atoms with E-state index in [1.807, 2.05) is 30.5 Å². The Kier molecular flexibility index (Phi) is 6.65. The van der Waals surface area contributed by atoms with Crippen molar-refractivity contribution in [1.82, 2.24) is 15.2 Å². The van der Waals surface area contributed by atoms with Crippen molar-refractivity contribution < 1.29 is 18.0 Å². The summed E-state index contributed by atoms with van der Waals surface area (Å²) in [6, 6.07) is 12.0. The Bertz CT molecular complexity index is 1120. The Morgan fingerprint density at radius 2 is 1.97 bits per heavy atom. The minimum atomic E-state index is -4.29. The molecule has 0 unspecified atom stereocenters. The van der Waals surface area contributed by atoms with Crippen LogP contribution in [0.3, 0.4) is 0 Å². The number of benzene rings is 2. The van der Waals surface area contributed by atoms with Crippen molar-refractivity contribution in [3.63, 3.8) is 0 Å². The molecule has 0 radical (unpaired) electrons. The molecule has 0 fully saturated rings. The maximum absolute atomic E-state index is 12.9. The van der Waals surface area contributed by atoms with Gasteiger partial charge in [0.1, 0.15) is 0 Å². The van der Waals surface area contributed by atoms with E-state index in [0.29, 0.717) is 19.5 Å². The summed E-state index contributed by atoms with van der Waals surface area (Å²) in [4.78, 5) is 17.4. The SMILES string of the molecule is O=C(C=Cc1ccc2[nH]ccc2c1)NCCCCN1CCc2cc(C(F)(F)F)ccc2C1. The van der Waals surface area contributed by atoms with E-state index in [-0.39, 0.29) is 5.91 Å². The van der Waals surface area contributed by atoms with Gasteiger partial charge < -0.3 is 10.3 Å². The molecule has 2 aromatic carbocycles. The molecule has 168 valence electrons. The Labute approximate surface area is 185 Å². The number of H-pyrrole nitrogens is 1. The molecule has 4 rings (SSSR count). The van der Waals surface area contributed by atoms with Gasteiger partial charge >= 0.3 is 6.18 Å². The lowest BCUT2D eigenvalue weighted by Crippen LogP contribution is -2.32. The molecular formula is C25H26F3N3O. The van der Waals surface area contributed by atoms with Crippen LogP contribution in [0.25, 0.3) is 17.0 Å². The lowest BCUT2D eigenvalue weighted by atomic mass is 9.97. The molecular weight excluding hydrogens is 415 g/mol. The fraction of sp³-hybridized carbons (Fsp3) is 0.320. The lowest BCUT2D eigenvalue weighted by molar-refractivity contribution is -0.137. The Morgan fingerprint density at radius 3 is 2.81 bits per heavy atom. The largest absolute Gasteiger partial charge is 0.416 e. The quantitative estimate of drug-likeness (QED) is 0.393. The molecule has 0 spiro atoms. The highest BCUT2D eigenvalue weighted by Crippen LogP contribution is 2.32. The van der Waals surface area contributed by atoms with Gasteiger partial charge in [-0.25, -0.2) is 0 Å². The summed E-state index contributed by atoms with van der Waals surface area (Å²) in [6.07, 6.45) is 3.35. The topological polar surface area (TPSA) is 48.1 Å². The third-order valence-corrected chi connectivity index (χ3v) is 5.83. The van der Waals surface area contributed by atoms with Crippen molar-refractivity contribution in [1.29, 1.82) is 0 Å². The van der Waals surface area contributed by atoms with Gasteiger partial charge in [-0.3, -0.25) is 9.69 Å². The van der Waals surface area contributed by atoms with E-state index in [1.165, 1.54) is 12.1 Å². The fourth-order valence-electron chi connectivity index (χ4n) is 4.06. The number of amides is 1. The second-order valence-corrected chi connectivity index (χ2v) is 8.16. The number of aromatic nitrogens is 1. The number of carbonyl (C=O) groups is 1. The number of fused-ring (bicyclic) bond motifs is 2. The number of unbranched alkanes of at least 4 members (excludes halogenated alkanes) is 1. The van der Waals surface area contributed by atoms with Crippen LogP contribution in [0.15, 0.2) is 54.7 Å². The molecule has 7 heteroatoms. The minimum absolute atomic E-state index is 0.119. The van der Waals surface area contributed by atoms with Crippen molar-refractivity contribution >= 4 is 22.9 Å². The van der Waals surface area contributed by atoms with Gasteiger partial charge in [-0.1, -0.05) is 12.1 Å². The first kappa shape index (κ1) is 22.1. The van der Waals surface area contributed by atoms with Crippen molar-refractivity contribution in [3.05, 3.63) is 77.0 Å². The highest BCUT2D eigenvalue weighted by molar-refractivity contribution is 5.92. The second-order valence-electron chi connectivity index (χ2n) is 8.16. The van der Waals surface area contributed by atoms with Gasteiger partial charge in [-0.2, -0.15) is 13.2 Å². The Morgan fingerprint density at radius 1 is 1.09 bits per heavy atom. The van der Waals surface area contributed by atoms with Crippen LogP contribution in [0.1, 0.15) is 35.1 Å². The molecule has 1 aliphatic rings. The first-order chi connectivity index (χ1) is 15.4. The lowest BCUT2D eigenvalue weighted by Gasteiger charge is -2.29. The molecule has 0 atom stereocenters. The summed E-state index contributed by atoms with van der Waals surface area (Å²) in [6.45, 7) is 2.89. The molecule has 4 nitrogen and oxygen atoms in total. The molecule has 2 N–H and O–H groups in total. The van der Waals surface area contributed by atoms with E-state index in [2.05, 4.69) is 15.2 Å². The van der Waals surface area contributed by atoms with Crippen molar-refractivity contribution in [3.8, 4) is 0 Å². The molecule has 0 aliphatic carbocycles. The minimum Gasteiger partial charge on any atom is -0.361 e. The maximum Gasteiger partial charge on any atom is 0.416 e. The van der Waals surface area contributed by atoms with Gasteiger partial charge in [0, 0.05) is 37.4 Å². The number of nitrogens with zero attached hydrogens (tertiary/aromatic N) is 1. The fourth-order valence-corrected chi connectivity index (χ4v) is 4.06. The number of rotatable bonds is 7. The number of hydrogen-bond donors (Lipinski definition) is 2. The van der Waals surface area contributed by atoms with Crippen LogP contribution in [0.5, 0.6) is 0 Å². The highest BCUT2D eigenvalue weighted by atomic mass is 19.4. The molecule has 0 saturated carbocycles. The number of carbonyl (C=O) groups excluding carboxylic acids is 1. The maximum atomic E-state index is 12.9. The molecule has 1 aliphatic heterocycles. The molecule has 3 aromatic rings. The summed E-state index contributed by atoms with van der Waals surface area (Å²) >= 11 is 0. The summed E-state index contributed by atoms with van der Waals surface area (Å²) in [5.41, 5.74) is 3.24. The summed E-state index contributed by atoms with van der Waals surface area (Å²) in [5, 5.41) is 4.01. The van der Waals surface area contributed by atoms with E-state index in [9.17, 15) is 18.0 Å². The zero-order valence-corrected chi connectivity index (χ0v) is 17.7. The van der Waals surface area contributed by atoms with Crippen molar-refractivity contribution in [2.45, 2.75) is 32.0 Å². The van der Waals surface area contributed by atoms with Gasteiger partial charge in [0.05, 0.1) is 5.56 Å². The number of alkyl halides is 3. The normalized spacial score (nSPS) is 14.7. The van der Waals surface area contributed by atoms with Crippen LogP contribution < -0.4 is 5.32 Å². The predicted octanol–water partition coefficient (Wildman–Crippen LogP) is 5.15. The third kappa shape index (κ3) is 5.59. The molecule has 2 heterocycles. The van der Waals surface area contributed by atoms with Crippen molar-refractivity contribution in [2.24, 2.45) is 0 Å². The van der Waals surface area contributed by atoms with Crippen LogP contribution in [0, 0.1) is 0 Å². The molecule has 32 heavy (non-hydrogen) atoms. The van der Waals surface area contributed by atoms with E-state index in [0.717, 1.165) is 53.5 Å². The first-order valence-corrected chi connectivity index (χ1v) is 10.8. The number of nitrogens with one attached hydrogen (secondary N) is 2. The first-order valence-electron chi connectivity index (χ1n) is 10.8. The monoisotopic (exact) mass is 441 g/mol. The summed E-state index contributed by atoms with van der Waals surface area (Å²) < 4.78 is 38.6. The molecule has 0 saturated heterocycles. The van der Waals surface area contributed by atoms with E-state index >= 15 is 0 Å². The standard InChI is InChI=1S/C25H26F3N3O/c26-25(27,28)22-6-5-21-17-31(14-10-19(21)16-22)13-2-1-11-30-24(32)8-4-18-3-7-23-20(15-18)9-12-29-23/h3-9,12,15-16,29H,1-2,10-11,13-14,17H2,(H,30,32). The number of hydrogen-bond acceptors (Lipinski definition) is 2. The van der Waals surface area contributed by atoms with Crippen LogP contribution in [0.2, 0.25) is 0 Å². The van der Waals surface area contributed by atoms with E-state index in [1.54, 1.807) is 18.2 Å². The van der Waals surface area contributed by atoms with Gasteiger partial charge in [0.15, 0.2) is 0 Å². The number of halogens is 3. The zero-order valence-electron chi connectivity index (χ0n) is 17.7. The Balaban J connectivity index is 1.16. The summed E-state index contributed by atoms with van der Waals surface area (Å²) in [7, 11) is 0. The predicted molar refractivity (Wildman–Crippen MR) is 120 cm³/mol. The smallest absolute Gasteiger partial charge is 0.361 e. The van der Waals surface area contributed by atoms with Crippen LogP contribution in [-0.2, 0) is 23.9 Å². The van der Waals surface area contributed by atoms with E-state index < -0.39 is 11.7 Å². The number of aromatic amines is 1. The van der Waals surface area contributed by atoms with E-state index in [4.69, 9.17) is 0 Å². The third-order valence-electron chi connectivity index (χ3n) is 5.83. The van der Waals surface area contributed by atoms with Crippen LogP contribution in [0.4, 0.5) is 13.2 Å². The zero-order chi connectivity index (χ0) is 22.6. The van der Waals surface area contributed by atoms with Crippen molar-refractivity contribution in [2.75, 3.05) is 19.6 Å². The molecule has 0 bridgehead atoms. The van der Waals surface area contributed by atoms with Gasteiger partial charge in [-0.05, 0) is 84.3 Å². The Hall–Kier alpha value is -3.06. The van der Waals surface area contributed by atoms with Crippen LogP contribution in [-0.4, -0.2) is 35.4 Å². The van der Waals surface area contributed by atoms with Gasteiger partial charge in [-0.15, -0.1) is 0 Å².